The summed E-state index contributed by atoms with van der Waals surface area (Å²) in [7, 11) is 0. The topological polar surface area (TPSA) is 98.8 Å². The Morgan fingerprint density at radius 2 is 2.05 bits per heavy atom. The Labute approximate surface area is 127 Å². The van der Waals surface area contributed by atoms with Crippen LogP contribution < -0.4 is 5.32 Å². The first-order valence-electron chi connectivity index (χ1n) is 7.36. The fourth-order valence-corrected chi connectivity index (χ4v) is 2.91. The van der Waals surface area contributed by atoms with Gasteiger partial charge in [-0.2, -0.15) is 5.10 Å². The van der Waals surface area contributed by atoms with E-state index < -0.39 is 4.92 Å². The molecule has 8 nitrogen and oxygen atoms in total. The van der Waals surface area contributed by atoms with Gasteiger partial charge in [-0.15, -0.1) is 0 Å². The molecule has 0 saturated heterocycles. The molecule has 3 rings (SSSR count). The van der Waals surface area contributed by atoms with Gasteiger partial charge in [0.15, 0.2) is 0 Å². The monoisotopic (exact) mass is 302 g/mol. The minimum absolute atomic E-state index is 0.124. The zero-order valence-electron chi connectivity index (χ0n) is 12.6. The molecule has 2 aromatic heterocycles. The van der Waals surface area contributed by atoms with Crippen LogP contribution in [0, 0.1) is 24.0 Å². The van der Waals surface area contributed by atoms with E-state index in [2.05, 4.69) is 20.4 Å². The Bertz CT molecular complexity index is 705. The van der Waals surface area contributed by atoms with Crippen LogP contribution >= 0.6 is 0 Å². The molecular weight excluding hydrogens is 284 g/mol. The quantitative estimate of drug-likeness (QED) is 0.688. The van der Waals surface area contributed by atoms with Crippen LogP contribution in [0.3, 0.4) is 0 Å². The molecule has 1 saturated carbocycles. The van der Waals surface area contributed by atoms with Crippen LogP contribution in [0.25, 0.3) is 5.82 Å². The molecule has 1 fully saturated rings. The largest absolute Gasteiger partial charge is 0.361 e. The van der Waals surface area contributed by atoms with Gasteiger partial charge in [0, 0.05) is 11.7 Å². The van der Waals surface area contributed by atoms with E-state index in [1.165, 1.54) is 11.0 Å². The highest BCUT2D eigenvalue weighted by Crippen LogP contribution is 2.31. The number of aryl methyl sites for hydroxylation is 2. The zero-order chi connectivity index (χ0) is 15.7. The summed E-state index contributed by atoms with van der Waals surface area (Å²) >= 11 is 0. The molecular formula is C14H18N6O2. The number of aromatic nitrogens is 4. The van der Waals surface area contributed by atoms with Crippen LogP contribution in [0.4, 0.5) is 11.5 Å². The van der Waals surface area contributed by atoms with Crippen molar-refractivity contribution in [2.24, 2.45) is 0 Å². The van der Waals surface area contributed by atoms with Gasteiger partial charge in [-0.25, -0.2) is 14.6 Å². The summed E-state index contributed by atoms with van der Waals surface area (Å²) in [5, 5.41) is 19.0. The van der Waals surface area contributed by atoms with E-state index >= 15 is 0 Å². The van der Waals surface area contributed by atoms with Gasteiger partial charge in [0.05, 0.1) is 10.6 Å². The first-order chi connectivity index (χ1) is 10.6. The Hall–Kier alpha value is -2.51. The van der Waals surface area contributed by atoms with Crippen LogP contribution in [0.2, 0.25) is 0 Å². The molecule has 2 heterocycles. The highest BCUT2D eigenvalue weighted by Gasteiger charge is 2.28. The Balaban J connectivity index is 2.06. The van der Waals surface area contributed by atoms with Gasteiger partial charge in [-0.3, -0.25) is 10.1 Å². The van der Waals surface area contributed by atoms with E-state index in [-0.39, 0.29) is 23.4 Å². The number of nitrogens with zero attached hydrogens (tertiary/aromatic N) is 5. The molecule has 0 aromatic carbocycles. The lowest BCUT2D eigenvalue weighted by atomic mass is 10.2. The summed E-state index contributed by atoms with van der Waals surface area (Å²) in [5.74, 6) is 0.473. The molecule has 0 spiro atoms. The number of nitro groups is 1. The fourth-order valence-electron chi connectivity index (χ4n) is 2.91. The van der Waals surface area contributed by atoms with E-state index in [0.717, 1.165) is 37.1 Å². The van der Waals surface area contributed by atoms with Gasteiger partial charge < -0.3 is 5.32 Å². The first-order valence-corrected chi connectivity index (χ1v) is 7.36. The lowest BCUT2D eigenvalue weighted by Crippen LogP contribution is -2.18. The predicted octanol–water partition coefficient (Wildman–Crippen LogP) is 2.54. The standard InChI is InChI=1S/C14H18N6O2/c1-9-7-10(2)19(18-9)14-12(20(21)22)13(15-8-16-14)17-11-5-3-4-6-11/h7-8,11H,3-6H2,1-2H3,(H,15,16,17). The minimum atomic E-state index is -0.441. The summed E-state index contributed by atoms with van der Waals surface area (Å²) in [6, 6.07) is 2.09. The normalized spacial score (nSPS) is 15.2. The van der Waals surface area contributed by atoms with Crippen molar-refractivity contribution in [3.8, 4) is 5.82 Å². The zero-order valence-corrected chi connectivity index (χ0v) is 12.6. The van der Waals surface area contributed by atoms with Gasteiger partial charge in [0.1, 0.15) is 6.33 Å². The van der Waals surface area contributed by atoms with Gasteiger partial charge in [-0.05, 0) is 32.8 Å². The van der Waals surface area contributed by atoms with Crippen molar-refractivity contribution in [2.45, 2.75) is 45.6 Å². The highest BCUT2D eigenvalue weighted by molar-refractivity contribution is 5.64. The Kier molecular flexibility index (Phi) is 3.74. The summed E-state index contributed by atoms with van der Waals surface area (Å²) in [5.41, 5.74) is 1.46. The second kappa shape index (κ2) is 5.70. The molecule has 0 radical (unpaired) electrons. The van der Waals surface area contributed by atoms with E-state index in [1.807, 2.05) is 19.9 Å². The third kappa shape index (κ3) is 2.63. The SMILES string of the molecule is Cc1cc(C)n(-c2ncnc(NC3CCCC3)c2[N+](=O)[O-])n1. The smallest absolute Gasteiger partial charge is 0.355 e. The molecule has 22 heavy (non-hydrogen) atoms. The van der Waals surface area contributed by atoms with E-state index in [1.54, 1.807) is 0 Å². The van der Waals surface area contributed by atoms with Crippen molar-refractivity contribution in [1.29, 1.82) is 0 Å². The minimum Gasteiger partial charge on any atom is -0.361 e. The highest BCUT2D eigenvalue weighted by atomic mass is 16.6. The molecule has 0 amide bonds. The van der Waals surface area contributed by atoms with Crippen molar-refractivity contribution in [3.63, 3.8) is 0 Å². The van der Waals surface area contributed by atoms with Crippen LogP contribution in [-0.2, 0) is 0 Å². The molecule has 0 atom stereocenters. The maximum atomic E-state index is 11.6. The lowest BCUT2D eigenvalue weighted by molar-refractivity contribution is -0.384. The average molecular weight is 302 g/mol. The average Bonchev–Trinajstić information content (AvgIpc) is 3.08. The Morgan fingerprint density at radius 3 is 2.64 bits per heavy atom. The number of nitrogens with one attached hydrogen (secondary N) is 1. The molecule has 8 heteroatoms. The predicted molar refractivity (Wildman–Crippen MR) is 81.2 cm³/mol. The summed E-state index contributed by atoms with van der Waals surface area (Å²) in [6.07, 6.45) is 5.64. The third-order valence-corrected chi connectivity index (χ3v) is 3.89. The number of hydrogen-bond acceptors (Lipinski definition) is 6. The third-order valence-electron chi connectivity index (χ3n) is 3.89. The fraction of sp³-hybridized carbons (Fsp3) is 0.500. The molecule has 1 aliphatic carbocycles. The van der Waals surface area contributed by atoms with Crippen molar-refractivity contribution in [2.75, 3.05) is 5.32 Å². The van der Waals surface area contributed by atoms with E-state index in [9.17, 15) is 10.1 Å². The van der Waals surface area contributed by atoms with Crippen LogP contribution in [0.15, 0.2) is 12.4 Å². The summed E-state index contributed by atoms with van der Waals surface area (Å²) < 4.78 is 1.50. The van der Waals surface area contributed by atoms with Crippen molar-refractivity contribution < 1.29 is 4.92 Å². The van der Waals surface area contributed by atoms with Gasteiger partial charge in [0.2, 0.25) is 11.6 Å². The number of hydrogen-bond donors (Lipinski definition) is 1. The number of rotatable bonds is 4. The molecule has 2 aromatic rings. The van der Waals surface area contributed by atoms with Crippen molar-refractivity contribution >= 4 is 11.5 Å². The molecule has 0 bridgehead atoms. The van der Waals surface area contributed by atoms with Crippen LogP contribution in [0.1, 0.15) is 37.1 Å². The Morgan fingerprint density at radius 1 is 1.32 bits per heavy atom. The molecule has 0 aliphatic heterocycles. The maximum absolute atomic E-state index is 11.6. The second-order valence-electron chi connectivity index (χ2n) is 5.62. The second-order valence-corrected chi connectivity index (χ2v) is 5.62. The maximum Gasteiger partial charge on any atom is 0.355 e. The molecule has 1 N–H and O–H groups in total. The van der Waals surface area contributed by atoms with Crippen molar-refractivity contribution in [3.05, 3.63) is 33.9 Å². The lowest BCUT2D eigenvalue weighted by Gasteiger charge is -2.13. The number of anilines is 1. The van der Waals surface area contributed by atoms with E-state index in [0.29, 0.717) is 0 Å². The van der Waals surface area contributed by atoms with Gasteiger partial charge >= 0.3 is 5.69 Å². The first kappa shape index (κ1) is 14.4. The molecule has 0 unspecified atom stereocenters. The van der Waals surface area contributed by atoms with Crippen LogP contribution in [-0.4, -0.2) is 30.7 Å². The molecule has 116 valence electrons. The van der Waals surface area contributed by atoms with Crippen molar-refractivity contribution in [1.82, 2.24) is 19.7 Å². The summed E-state index contributed by atoms with van der Waals surface area (Å²) in [6.45, 7) is 3.68. The van der Waals surface area contributed by atoms with Crippen LogP contribution in [0.5, 0.6) is 0 Å². The van der Waals surface area contributed by atoms with Gasteiger partial charge in [0.25, 0.3) is 0 Å². The molecule has 1 aliphatic rings. The summed E-state index contributed by atoms with van der Waals surface area (Å²) in [4.78, 5) is 19.3. The van der Waals surface area contributed by atoms with E-state index in [4.69, 9.17) is 0 Å². The van der Waals surface area contributed by atoms with Gasteiger partial charge in [-0.1, -0.05) is 12.8 Å².